The van der Waals surface area contributed by atoms with Gasteiger partial charge in [-0.25, -0.2) is 9.97 Å². The number of nitrogens with zero attached hydrogens (tertiary/aromatic N) is 4. The van der Waals surface area contributed by atoms with Crippen LogP contribution in [0.5, 0.6) is 0 Å². The van der Waals surface area contributed by atoms with E-state index < -0.39 is 12.6 Å². The molecule has 1 spiro atoms. The number of hydrogen-bond acceptors (Lipinski definition) is 5. The lowest BCUT2D eigenvalue weighted by Crippen LogP contribution is -2.57. The Balaban J connectivity index is 1.59. The van der Waals surface area contributed by atoms with Crippen LogP contribution in [0, 0.1) is 5.41 Å². The van der Waals surface area contributed by atoms with Crippen LogP contribution in [0.1, 0.15) is 18.2 Å². The Bertz CT molecular complexity index is 751. The highest BCUT2D eigenvalue weighted by Gasteiger charge is 2.47. The van der Waals surface area contributed by atoms with Gasteiger partial charge in [0.15, 0.2) is 0 Å². The van der Waals surface area contributed by atoms with Crippen LogP contribution in [-0.2, 0) is 6.42 Å². The van der Waals surface area contributed by atoms with E-state index in [-0.39, 0.29) is 0 Å². The molecular formula is C16H19F3N4S. The number of aromatic nitrogens is 2. The van der Waals surface area contributed by atoms with Crippen molar-refractivity contribution in [1.82, 2.24) is 14.9 Å². The monoisotopic (exact) mass is 356 g/mol. The minimum Gasteiger partial charge on any atom is -0.355 e. The average Bonchev–Trinajstić information content (AvgIpc) is 3.06. The summed E-state index contributed by atoms with van der Waals surface area (Å²) in [5, 5.41) is 0.755. The molecule has 0 unspecified atom stereocenters. The molecule has 0 atom stereocenters. The number of anilines is 1. The van der Waals surface area contributed by atoms with Crippen molar-refractivity contribution in [1.29, 1.82) is 0 Å². The third kappa shape index (κ3) is 2.86. The maximum Gasteiger partial charge on any atom is 0.393 e. The van der Waals surface area contributed by atoms with E-state index >= 15 is 0 Å². The van der Waals surface area contributed by atoms with Crippen molar-refractivity contribution >= 4 is 27.4 Å². The van der Waals surface area contributed by atoms with E-state index in [4.69, 9.17) is 0 Å². The predicted octanol–water partition coefficient (Wildman–Crippen LogP) is 3.33. The largest absolute Gasteiger partial charge is 0.393 e. The van der Waals surface area contributed by atoms with Crippen LogP contribution in [0.2, 0.25) is 0 Å². The summed E-state index contributed by atoms with van der Waals surface area (Å²) in [6.07, 6.45) is -2.51. The third-order valence-corrected chi connectivity index (χ3v) is 6.08. The molecule has 2 aliphatic rings. The van der Waals surface area contributed by atoms with Gasteiger partial charge in [0, 0.05) is 36.5 Å². The normalized spacial score (nSPS) is 20.9. The maximum atomic E-state index is 12.7. The standard InChI is InChI=1S/C16H19F3N4S/c1-2-22-7-15(8-22)3-4-23(9-15)13-12-5-11(6-16(17,18)19)24-14(12)21-10-20-13/h5,10H,2-4,6-9H2,1H3. The summed E-state index contributed by atoms with van der Waals surface area (Å²) in [6, 6.07) is 1.62. The molecule has 2 aliphatic heterocycles. The second-order valence-electron chi connectivity index (χ2n) is 6.90. The minimum absolute atomic E-state index is 0.300. The zero-order valence-electron chi connectivity index (χ0n) is 13.4. The van der Waals surface area contributed by atoms with E-state index in [0.29, 0.717) is 15.1 Å². The Morgan fingerprint density at radius 1 is 1.25 bits per heavy atom. The highest BCUT2D eigenvalue weighted by atomic mass is 32.1. The lowest BCUT2D eigenvalue weighted by atomic mass is 9.79. The molecule has 0 aromatic carbocycles. The number of rotatable bonds is 3. The molecule has 0 amide bonds. The van der Waals surface area contributed by atoms with Gasteiger partial charge in [-0.2, -0.15) is 13.2 Å². The third-order valence-electron chi connectivity index (χ3n) is 5.04. The Morgan fingerprint density at radius 2 is 2.04 bits per heavy atom. The van der Waals surface area contributed by atoms with Gasteiger partial charge in [0.25, 0.3) is 0 Å². The molecule has 4 heterocycles. The summed E-state index contributed by atoms with van der Waals surface area (Å²) in [5.74, 6) is 0.788. The number of fused-ring (bicyclic) bond motifs is 1. The summed E-state index contributed by atoms with van der Waals surface area (Å²) in [4.78, 5) is 14.1. The van der Waals surface area contributed by atoms with Crippen molar-refractivity contribution in [3.63, 3.8) is 0 Å². The fourth-order valence-electron chi connectivity index (χ4n) is 3.93. The zero-order valence-corrected chi connectivity index (χ0v) is 14.3. The lowest BCUT2D eigenvalue weighted by Gasteiger charge is -2.47. The van der Waals surface area contributed by atoms with E-state index in [0.717, 1.165) is 61.7 Å². The van der Waals surface area contributed by atoms with Crippen LogP contribution < -0.4 is 4.90 Å². The molecule has 2 aromatic heterocycles. The maximum absolute atomic E-state index is 12.7. The van der Waals surface area contributed by atoms with E-state index in [1.54, 1.807) is 6.07 Å². The summed E-state index contributed by atoms with van der Waals surface area (Å²) in [5.41, 5.74) is 0.331. The van der Waals surface area contributed by atoms with Gasteiger partial charge in [-0.05, 0) is 19.0 Å². The summed E-state index contributed by atoms with van der Waals surface area (Å²) in [7, 11) is 0. The molecular weight excluding hydrogens is 337 g/mol. The molecule has 2 saturated heterocycles. The van der Waals surface area contributed by atoms with Crippen molar-refractivity contribution in [2.24, 2.45) is 5.41 Å². The average molecular weight is 356 g/mol. The van der Waals surface area contributed by atoms with Gasteiger partial charge in [0.1, 0.15) is 17.0 Å². The number of halogens is 3. The zero-order chi connectivity index (χ0) is 16.9. The van der Waals surface area contributed by atoms with Crippen molar-refractivity contribution in [2.45, 2.75) is 25.9 Å². The van der Waals surface area contributed by atoms with Crippen LogP contribution in [-0.4, -0.2) is 53.8 Å². The van der Waals surface area contributed by atoms with Crippen molar-refractivity contribution in [3.8, 4) is 0 Å². The Hall–Kier alpha value is -1.41. The van der Waals surface area contributed by atoms with E-state index in [2.05, 4.69) is 26.7 Å². The first-order valence-electron chi connectivity index (χ1n) is 8.15. The van der Waals surface area contributed by atoms with Gasteiger partial charge in [0.05, 0.1) is 11.8 Å². The molecule has 2 aromatic rings. The van der Waals surface area contributed by atoms with Gasteiger partial charge in [0.2, 0.25) is 0 Å². The molecule has 0 bridgehead atoms. The number of alkyl halides is 3. The van der Waals surface area contributed by atoms with E-state index in [9.17, 15) is 13.2 Å². The van der Waals surface area contributed by atoms with Crippen LogP contribution in [0.3, 0.4) is 0 Å². The summed E-state index contributed by atoms with van der Waals surface area (Å²) in [6.45, 7) is 7.30. The molecule has 0 N–H and O–H groups in total. The second-order valence-corrected chi connectivity index (χ2v) is 8.01. The molecule has 0 radical (unpaired) electrons. The van der Waals surface area contributed by atoms with Crippen LogP contribution >= 0.6 is 11.3 Å². The first-order valence-corrected chi connectivity index (χ1v) is 8.97. The van der Waals surface area contributed by atoms with Crippen LogP contribution in [0.4, 0.5) is 19.0 Å². The van der Waals surface area contributed by atoms with Gasteiger partial charge in [-0.15, -0.1) is 11.3 Å². The first-order chi connectivity index (χ1) is 11.4. The Kier molecular flexibility index (Phi) is 3.72. The topological polar surface area (TPSA) is 32.3 Å². The Labute approximate surface area is 142 Å². The number of thiophene rings is 1. The van der Waals surface area contributed by atoms with Gasteiger partial charge >= 0.3 is 6.18 Å². The number of hydrogen-bond donors (Lipinski definition) is 0. The van der Waals surface area contributed by atoms with E-state index in [1.807, 2.05) is 0 Å². The van der Waals surface area contributed by atoms with Crippen molar-refractivity contribution in [3.05, 3.63) is 17.3 Å². The molecule has 2 fully saturated rings. The highest BCUT2D eigenvalue weighted by Crippen LogP contribution is 2.42. The van der Waals surface area contributed by atoms with Crippen molar-refractivity contribution in [2.75, 3.05) is 37.6 Å². The smallest absolute Gasteiger partial charge is 0.355 e. The van der Waals surface area contributed by atoms with Gasteiger partial charge in [-0.1, -0.05) is 6.92 Å². The molecule has 4 nitrogen and oxygen atoms in total. The van der Waals surface area contributed by atoms with Crippen LogP contribution in [0.15, 0.2) is 12.4 Å². The highest BCUT2D eigenvalue weighted by molar-refractivity contribution is 7.18. The Morgan fingerprint density at radius 3 is 2.75 bits per heavy atom. The van der Waals surface area contributed by atoms with Crippen LogP contribution in [0.25, 0.3) is 10.2 Å². The molecule has 4 rings (SSSR count). The second kappa shape index (κ2) is 5.56. The molecule has 8 heteroatoms. The van der Waals surface area contributed by atoms with Crippen molar-refractivity contribution < 1.29 is 13.2 Å². The predicted molar refractivity (Wildman–Crippen MR) is 88.6 cm³/mol. The van der Waals surface area contributed by atoms with Gasteiger partial charge in [-0.3, -0.25) is 0 Å². The fraction of sp³-hybridized carbons (Fsp3) is 0.625. The lowest BCUT2D eigenvalue weighted by molar-refractivity contribution is -0.126. The van der Waals surface area contributed by atoms with Gasteiger partial charge < -0.3 is 9.80 Å². The molecule has 0 aliphatic carbocycles. The molecule has 0 saturated carbocycles. The van der Waals surface area contributed by atoms with E-state index in [1.165, 1.54) is 6.33 Å². The molecule has 130 valence electrons. The first kappa shape index (κ1) is 16.1. The fourth-order valence-corrected chi connectivity index (χ4v) is 4.95. The minimum atomic E-state index is -4.19. The summed E-state index contributed by atoms with van der Waals surface area (Å²) < 4.78 is 38.0. The molecule has 24 heavy (non-hydrogen) atoms. The SMILES string of the molecule is CCN1CC2(CCN(c3ncnc4sc(CC(F)(F)F)cc34)C2)C1. The number of likely N-dealkylation sites (tertiary alicyclic amines) is 1. The summed E-state index contributed by atoms with van der Waals surface area (Å²) >= 11 is 1.11. The quantitative estimate of drug-likeness (QED) is 0.844.